The molecule has 94 valence electrons. The first kappa shape index (κ1) is 12.5. The van der Waals surface area contributed by atoms with Crippen LogP contribution in [-0.4, -0.2) is 21.3 Å². The highest BCUT2D eigenvalue weighted by Gasteiger charge is 2.28. The van der Waals surface area contributed by atoms with E-state index >= 15 is 0 Å². The first-order valence-electron chi connectivity index (χ1n) is 5.81. The summed E-state index contributed by atoms with van der Waals surface area (Å²) in [5.41, 5.74) is 1.70. The van der Waals surface area contributed by atoms with Crippen molar-refractivity contribution in [2.24, 2.45) is 0 Å². The Morgan fingerprint density at radius 2 is 2.24 bits per heavy atom. The maximum absolute atomic E-state index is 10.4. The molecule has 0 amide bonds. The van der Waals surface area contributed by atoms with E-state index in [0.29, 0.717) is 0 Å². The molecule has 0 saturated heterocycles. The van der Waals surface area contributed by atoms with Gasteiger partial charge < -0.3 is 9.84 Å². The summed E-state index contributed by atoms with van der Waals surface area (Å²) in [5, 5.41) is 14.5. The molecule has 1 N–H and O–H groups in total. The number of rotatable bonds is 2. The number of aromatic nitrogens is 2. The molecule has 1 aromatic heterocycles. The van der Waals surface area contributed by atoms with E-state index in [0.717, 1.165) is 35.6 Å². The number of aliphatic hydroxyl groups excluding tert-OH is 1. The fourth-order valence-corrected chi connectivity index (χ4v) is 2.75. The molecule has 1 atom stereocenters. The highest BCUT2D eigenvalue weighted by molar-refractivity contribution is 7.05. The lowest BCUT2D eigenvalue weighted by atomic mass is 9.89. The Balaban J connectivity index is 2.28. The van der Waals surface area contributed by atoms with E-state index in [-0.39, 0.29) is 5.41 Å². The lowest BCUT2D eigenvalue weighted by Gasteiger charge is -2.22. The molecule has 2 rings (SSSR count). The SMILES string of the molecule is CC(C)(C)c1nnsc1C(O)C1=COCCC1. The minimum absolute atomic E-state index is 0.0978. The topological polar surface area (TPSA) is 55.2 Å². The molecular weight excluding hydrogens is 236 g/mol. The monoisotopic (exact) mass is 254 g/mol. The van der Waals surface area contributed by atoms with Gasteiger partial charge in [-0.1, -0.05) is 25.3 Å². The Bertz CT molecular complexity index is 420. The number of nitrogens with zero attached hydrogens (tertiary/aromatic N) is 2. The van der Waals surface area contributed by atoms with Crippen molar-refractivity contribution < 1.29 is 9.84 Å². The molecule has 2 heterocycles. The lowest BCUT2D eigenvalue weighted by Crippen LogP contribution is -2.17. The Labute approximate surface area is 105 Å². The summed E-state index contributed by atoms with van der Waals surface area (Å²) in [5.74, 6) is 0. The first-order chi connectivity index (χ1) is 8.00. The van der Waals surface area contributed by atoms with Gasteiger partial charge in [-0.3, -0.25) is 0 Å². The van der Waals surface area contributed by atoms with Crippen molar-refractivity contribution in [2.45, 2.75) is 45.1 Å². The summed E-state index contributed by atoms with van der Waals surface area (Å²) in [7, 11) is 0. The average Bonchev–Trinajstić information content (AvgIpc) is 2.78. The molecule has 1 aliphatic heterocycles. The fourth-order valence-electron chi connectivity index (χ4n) is 1.85. The molecule has 0 fully saturated rings. The number of aliphatic hydroxyl groups is 1. The zero-order valence-electron chi connectivity index (χ0n) is 10.4. The van der Waals surface area contributed by atoms with Crippen LogP contribution in [0.2, 0.25) is 0 Å². The molecule has 0 radical (unpaired) electrons. The van der Waals surface area contributed by atoms with Crippen LogP contribution in [-0.2, 0) is 10.2 Å². The van der Waals surface area contributed by atoms with Gasteiger partial charge >= 0.3 is 0 Å². The summed E-state index contributed by atoms with van der Waals surface area (Å²) in [6, 6.07) is 0. The second kappa shape index (κ2) is 4.74. The second-order valence-electron chi connectivity index (χ2n) is 5.31. The quantitative estimate of drug-likeness (QED) is 0.881. The van der Waals surface area contributed by atoms with Crippen LogP contribution < -0.4 is 0 Å². The summed E-state index contributed by atoms with van der Waals surface area (Å²) >= 11 is 1.27. The Hall–Kier alpha value is -0.940. The van der Waals surface area contributed by atoms with Gasteiger partial charge in [0.05, 0.1) is 23.4 Å². The molecular formula is C12H18N2O2S. The number of ether oxygens (including phenoxy) is 1. The van der Waals surface area contributed by atoms with Gasteiger partial charge in [0.2, 0.25) is 0 Å². The van der Waals surface area contributed by atoms with Crippen LogP contribution in [0, 0.1) is 0 Å². The van der Waals surface area contributed by atoms with E-state index in [1.54, 1.807) is 6.26 Å². The molecule has 0 aromatic carbocycles. The zero-order chi connectivity index (χ0) is 12.5. The third kappa shape index (κ3) is 2.66. The maximum atomic E-state index is 10.4. The predicted molar refractivity (Wildman–Crippen MR) is 66.8 cm³/mol. The van der Waals surface area contributed by atoms with Crippen LogP contribution in [0.1, 0.15) is 50.3 Å². The molecule has 1 aliphatic rings. The van der Waals surface area contributed by atoms with Gasteiger partial charge in [-0.15, -0.1) is 5.10 Å². The normalized spacial score (nSPS) is 18.5. The molecule has 17 heavy (non-hydrogen) atoms. The van der Waals surface area contributed by atoms with Crippen molar-refractivity contribution in [3.8, 4) is 0 Å². The standard InChI is InChI=1S/C12H18N2O2S/c1-12(2,3)11-10(17-14-13-11)9(15)8-5-4-6-16-7-8/h7,9,15H,4-6H2,1-3H3. The van der Waals surface area contributed by atoms with E-state index in [1.165, 1.54) is 11.5 Å². The molecule has 5 heteroatoms. The third-order valence-electron chi connectivity index (χ3n) is 2.79. The van der Waals surface area contributed by atoms with E-state index in [9.17, 15) is 5.11 Å². The van der Waals surface area contributed by atoms with Gasteiger partial charge in [0.15, 0.2) is 0 Å². The van der Waals surface area contributed by atoms with Gasteiger partial charge in [0.1, 0.15) is 6.10 Å². The second-order valence-corrected chi connectivity index (χ2v) is 6.09. The van der Waals surface area contributed by atoms with Gasteiger partial charge in [-0.2, -0.15) is 0 Å². The van der Waals surface area contributed by atoms with Crippen molar-refractivity contribution in [3.63, 3.8) is 0 Å². The van der Waals surface area contributed by atoms with E-state index < -0.39 is 6.10 Å². The Kier molecular flexibility index (Phi) is 3.49. The lowest BCUT2D eigenvalue weighted by molar-refractivity contribution is 0.171. The van der Waals surface area contributed by atoms with Crippen molar-refractivity contribution in [1.82, 2.24) is 9.59 Å². The van der Waals surface area contributed by atoms with Crippen molar-refractivity contribution >= 4 is 11.5 Å². The molecule has 0 saturated carbocycles. The van der Waals surface area contributed by atoms with Gasteiger partial charge in [0, 0.05) is 5.41 Å². The summed E-state index contributed by atoms with van der Waals surface area (Å²) in [4.78, 5) is 0.842. The molecule has 1 unspecified atom stereocenters. The molecule has 4 nitrogen and oxygen atoms in total. The highest BCUT2D eigenvalue weighted by Crippen LogP contribution is 2.35. The minimum Gasteiger partial charge on any atom is -0.501 e. The van der Waals surface area contributed by atoms with Crippen molar-refractivity contribution in [3.05, 3.63) is 22.4 Å². The molecule has 0 aliphatic carbocycles. The molecule has 1 aromatic rings. The van der Waals surface area contributed by atoms with Crippen LogP contribution in [0.3, 0.4) is 0 Å². The van der Waals surface area contributed by atoms with Crippen LogP contribution >= 0.6 is 11.5 Å². The smallest absolute Gasteiger partial charge is 0.116 e. The van der Waals surface area contributed by atoms with Crippen LogP contribution in [0.15, 0.2) is 11.8 Å². The largest absolute Gasteiger partial charge is 0.501 e. The number of hydrogen-bond acceptors (Lipinski definition) is 5. The summed E-state index contributed by atoms with van der Waals surface area (Å²) in [6.45, 7) is 6.96. The molecule has 0 spiro atoms. The predicted octanol–water partition coefficient (Wildman–Crippen LogP) is 2.56. The van der Waals surface area contributed by atoms with Gasteiger partial charge in [-0.25, -0.2) is 0 Å². The van der Waals surface area contributed by atoms with Crippen molar-refractivity contribution in [1.29, 1.82) is 0 Å². The van der Waals surface area contributed by atoms with E-state index in [1.807, 2.05) is 0 Å². The van der Waals surface area contributed by atoms with Crippen LogP contribution in [0.5, 0.6) is 0 Å². The van der Waals surface area contributed by atoms with Gasteiger partial charge in [-0.05, 0) is 29.9 Å². The minimum atomic E-state index is -0.621. The maximum Gasteiger partial charge on any atom is 0.116 e. The Morgan fingerprint density at radius 1 is 1.47 bits per heavy atom. The third-order valence-corrected chi connectivity index (χ3v) is 3.56. The highest BCUT2D eigenvalue weighted by atomic mass is 32.1. The number of hydrogen-bond donors (Lipinski definition) is 1. The Morgan fingerprint density at radius 3 is 2.82 bits per heavy atom. The van der Waals surface area contributed by atoms with E-state index in [2.05, 4.69) is 30.4 Å². The van der Waals surface area contributed by atoms with Crippen LogP contribution in [0.4, 0.5) is 0 Å². The average molecular weight is 254 g/mol. The van der Waals surface area contributed by atoms with Crippen molar-refractivity contribution in [2.75, 3.05) is 6.61 Å². The fraction of sp³-hybridized carbons (Fsp3) is 0.667. The summed E-state index contributed by atoms with van der Waals surface area (Å²) in [6.07, 6.45) is 2.90. The van der Waals surface area contributed by atoms with Crippen LogP contribution in [0.25, 0.3) is 0 Å². The summed E-state index contributed by atoms with van der Waals surface area (Å²) < 4.78 is 9.24. The first-order valence-corrected chi connectivity index (χ1v) is 6.59. The van der Waals surface area contributed by atoms with Gasteiger partial charge in [0.25, 0.3) is 0 Å². The van der Waals surface area contributed by atoms with E-state index in [4.69, 9.17) is 4.74 Å². The zero-order valence-corrected chi connectivity index (χ0v) is 11.3. The molecule has 0 bridgehead atoms.